The molecule has 0 bridgehead atoms. The largest absolute Gasteiger partial charge is 0.384 e. The third kappa shape index (κ3) is 4.08. The number of rotatable bonds is 5. The van der Waals surface area contributed by atoms with Crippen molar-refractivity contribution < 1.29 is 4.79 Å². The van der Waals surface area contributed by atoms with E-state index in [4.69, 9.17) is 10.7 Å². The molecule has 1 amide bonds. The van der Waals surface area contributed by atoms with Gasteiger partial charge in [-0.2, -0.15) is 0 Å². The van der Waals surface area contributed by atoms with Crippen LogP contribution in [-0.2, 0) is 11.2 Å². The van der Waals surface area contributed by atoms with Gasteiger partial charge in [0.2, 0.25) is 5.91 Å². The number of fused-ring (bicyclic) bond motifs is 1. The second-order valence-corrected chi connectivity index (χ2v) is 8.58. The minimum Gasteiger partial charge on any atom is -0.384 e. The number of aromatic nitrogens is 3. The number of nitrogens with zero attached hydrogens (tertiary/aromatic N) is 3. The maximum Gasteiger partial charge on any atom is 0.222 e. The van der Waals surface area contributed by atoms with Crippen LogP contribution in [0.25, 0.3) is 22.0 Å². The average molecular weight is 426 g/mol. The lowest BCUT2D eigenvalue weighted by Gasteiger charge is -2.17. The molecule has 32 heavy (non-hydrogen) atoms. The van der Waals surface area contributed by atoms with Gasteiger partial charge in [-0.25, -0.2) is 4.98 Å². The van der Waals surface area contributed by atoms with Gasteiger partial charge in [0, 0.05) is 65.7 Å². The van der Waals surface area contributed by atoms with E-state index in [-0.39, 0.29) is 11.8 Å². The van der Waals surface area contributed by atoms with Crippen molar-refractivity contribution in [3.8, 4) is 11.1 Å². The molecule has 6 nitrogen and oxygen atoms in total. The topological polar surface area (TPSA) is 87.9 Å². The third-order valence-electron chi connectivity index (χ3n) is 6.34. The fraction of sp³-hybridized carbons (Fsp3) is 0.269. The Bertz CT molecular complexity index is 1260. The Morgan fingerprint density at radius 2 is 2.06 bits per heavy atom. The molecule has 0 unspecified atom stereocenters. The number of carbonyl (C=O) groups is 1. The number of carbonyl (C=O) groups excluding carboxylic acids is 1. The van der Waals surface area contributed by atoms with Crippen LogP contribution in [0.5, 0.6) is 0 Å². The molecule has 1 aromatic carbocycles. The lowest BCUT2D eigenvalue weighted by molar-refractivity contribution is -0.130. The number of H-pyrrole nitrogens is 1. The molecule has 0 aliphatic carbocycles. The number of para-hydroxylation sites is 1. The average Bonchev–Trinajstić information content (AvgIpc) is 3.45. The number of likely N-dealkylation sites (tertiary alicyclic amines) is 1. The molecule has 3 N–H and O–H groups in total. The normalized spacial score (nSPS) is 16.0. The van der Waals surface area contributed by atoms with Crippen molar-refractivity contribution in [2.45, 2.75) is 32.1 Å². The molecule has 3 aromatic heterocycles. The molecule has 4 heterocycles. The van der Waals surface area contributed by atoms with E-state index in [9.17, 15) is 4.79 Å². The van der Waals surface area contributed by atoms with E-state index in [1.807, 2.05) is 42.3 Å². The number of anilines is 1. The number of hydrogen-bond acceptors (Lipinski definition) is 4. The molecule has 0 radical (unpaired) electrons. The van der Waals surface area contributed by atoms with Crippen LogP contribution in [-0.4, -0.2) is 38.8 Å². The van der Waals surface area contributed by atoms with Crippen molar-refractivity contribution in [2.75, 3.05) is 18.8 Å². The predicted octanol–water partition coefficient (Wildman–Crippen LogP) is 4.46. The fourth-order valence-corrected chi connectivity index (χ4v) is 4.61. The first-order valence-corrected chi connectivity index (χ1v) is 11.1. The van der Waals surface area contributed by atoms with Gasteiger partial charge < -0.3 is 15.6 Å². The van der Waals surface area contributed by atoms with Crippen molar-refractivity contribution in [2.24, 2.45) is 0 Å². The Morgan fingerprint density at radius 3 is 2.91 bits per heavy atom. The molecule has 1 aliphatic heterocycles. The minimum absolute atomic E-state index is 0.216. The van der Waals surface area contributed by atoms with Gasteiger partial charge in [-0.3, -0.25) is 9.78 Å². The first-order valence-electron chi connectivity index (χ1n) is 11.1. The summed E-state index contributed by atoms with van der Waals surface area (Å²) < 4.78 is 0. The van der Waals surface area contributed by atoms with Crippen LogP contribution in [0.15, 0.2) is 60.9 Å². The number of benzene rings is 1. The summed E-state index contributed by atoms with van der Waals surface area (Å²) >= 11 is 0. The molecule has 1 aliphatic rings. The molecule has 5 rings (SSSR count). The van der Waals surface area contributed by atoms with E-state index >= 15 is 0 Å². The third-order valence-corrected chi connectivity index (χ3v) is 6.34. The van der Waals surface area contributed by atoms with Gasteiger partial charge in [0.05, 0.1) is 0 Å². The highest BCUT2D eigenvalue weighted by Crippen LogP contribution is 2.30. The number of nitrogen functional groups attached to an aromatic ring is 1. The number of nitrogens with two attached hydrogens (primary N) is 1. The zero-order valence-electron chi connectivity index (χ0n) is 18.2. The maximum absolute atomic E-state index is 12.9. The van der Waals surface area contributed by atoms with Crippen molar-refractivity contribution >= 4 is 22.6 Å². The first kappa shape index (κ1) is 20.2. The number of pyridine rings is 2. The summed E-state index contributed by atoms with van der Waals surface area (Å²) in [7, 11) is 0. The molecule has 1 fully saturated rings. The molecular formula is C26H27N5O. The molecule has 0 spiro atoms. The minimum atomic E-state index is 0.216. The lowest BCUT2D eigenvalue weighted by atomic mass is 9.99. The number of aryl methyl sites for hydroxylation is 2. The van der Waals surface area contributed by atoms with E-state index < -0.39 is 0 Å². The zero-order valence-corrected chi connectivity index (χ0v) is 18.2. The Balaban J connectivity index is 1.26. The van der Waals surface area contributed by atoms with Gasteiger partial charge in [-0.05, 0) is 61.2 Å². The van der Waals surface area contributed by atoms with Crippen LogP contribution in [0.4, 0.5) is 5.82 Å². The Morgan fingerprint density at radius 1 is 1.19 bits per heavy atom. The van der Waals surface area contributed by atoms with E-state index in [2.05, 4.69) is 34.2 Å². The summed E-state index contributed by atoms with van der Waals surface area (Å²) in [6.45, 7) is 3.52. The van der Waals surface area contributed by atoms with Gasteiger partial charge in [-0.15, -0.1) is 0 Å². The van der Waals surface area contributed by atoms with Crippen LogP contribution in [0.1, 0.15) is 35.7 Å². The monoisotopic (exact) mass is 425 g/mol. The predicted molar refractivity (Wildman–Crippen MR) is 127 cm³/mol. The lowest BCUT2D eigenvalue weighted by Crippen LogP contribution is -2.28. The van der Waals surface area contributed by atoms with Crippen LogP contribution in [0.3, 0.4) is 0 Å². The number of nitrogens with one attached hydrogen (secondary N) is 1. The highest BCUT2D eigenvalue weighted by Gasteiger charge is 2.28. The highest BCUT2D eigenvalue weighted by atomic mass is 16.2. The van der Waals surface area contributed by atoms with E-state index in [1.54, 1.807) is 6.20 Å². The maximum atomic E-state index is 12.9. The zero-order chi connectivity index (χ0) is 22.1. The molecule has 1 saturated heterocycles. The van der Waals surface area contributed by atoms with Crippen LogP contribution < -0.4 is 5.73 Å². The number of hydrogen-bond donors (Lipinski definition) is 2. The standard InChI is InChI=1S/C26H27N5O/c1-17-12-21(18-6-8-25(27)29-14-18)13-24(30-17)20-10-11-31(16-20)26(32)9-7-19-15-28-23-5-3-2-4-22(19)23/h2-6,8,12-15,20,28H,7,9-11,16H2,1H3,(H2,27,29)/t20-/m0/s1. The van der Waals surface area contributed by atoms with Crippen molar-refractivity contribution in [3.63, 3.8) is 0 Å². The molecule has 0 saturated carbocycles. The molecule has 4 aromatic rings. The van der Waals surface area contributed by atoms with Gasteiger partial charge in [0.1, 0.15) is 5.82 Å². The van der Waals surface area contributed by atoms with Gasteiger partial charge in [-0.1, -0.05) is 18.2 Å². The van der Waals surface area contributed by atoms with E-state index in [0.717, 1.165) is 54.0 Å². The summed E-state index contributed by atoms with van der Waals surface area (Å²) in [5.74, 6) is 0.984. The highest BCUT2D eigenvalue weighted by molar-refractivity contribution is 5.84. The molecule has 1 atom stereocenters. The Kier molecular flexibility index (Phi) is 5.35. The van der Waals surface area contributed by atoms with Crippen LogP contribution >= 0.6 is 0 Å². The summed E-state index contributed by atoms with van der Waals surface area (Å²) in [5.41, 5.74) is 12.2. The van der Waals surface area contributed by atoms with Crippen LogP contribution in [0.2, 0.25) is 0 Å². The van der Waals surface area contributed by atoms with Crippen molar-refractivity contribution in [3.05, 3.63) is 77.9 Å². The van der Waals surface area contributed by atoms with Crippen molar-refractivity contribution in [1.82, 2.24) is 19.9 Å². The molecular weight excluding hydrogens is 398 g/mol. The summed E-state index contributed by atoms with van der Waals surface area (Å²) in [6, 6.07) is 16.2. The van der Waals surface area contributed by atoms with Crippen LogP contribution in [0, 0.1) is 6.92 Å². The van der Waals surface area contributed by atoms with E-state index in [1.165, 1.54) is 10.9 Å². The number of amides is 1. The molecule has 162 valence electrons. The van der Waals surface area contributed by atoms with Crippen molar-refractivity contribution in [1.29, 1.82) is 0 Å². The second kappa shape index (κ2) is 8.46. The molecule has 6 heteroatoms. The van der Waals surface area contributed by atoms with E-state index in [0.29, 0.717) is 12.2 Å². The summed E-state index contributed by atoms with van der Waals surface area (Å²) in [6.07, 6.45) is 6.03. The SMILES string of the molecule is Cc1cc(-c2ccc(N)nc2)cc([C@H]2CCN(C(=O)CCc3c[nH]c4ccccc34)C2)n1. The summed E-state index contributed by atoms with van der Waals surface area (Å²) in [5, 5.41) is 1.20. The second-order valence-electron chi connectivity index (χ2n) is 8.58. The fourth-order valence-electron chi connectivity index (χ4n) is 4.61. The number of aromatic amines is 1. The Hall–Kier alpha value is -3.67. The smallest absolute Gasteiger partial charge is 0.222 e. The quantitative estimate of drug-likeness (QED) is 0.494. The van der Waals surface area contributed by atoms with Gasteiger partial charge in [0.15, 0.2) is 0 Å². The van der Waals surface area contributed by atoms with Gasteiger partial charge >= 0.3 is 0 Å². The summed E-state index contributed by atoms with van der Waals surface area (Å²) in [4.78, 5) is 27.2. The van der Waals surface area contributed by atoms with Gasteiger partial charge in [0.25, 0.3) is 0 Å². The Labute approximate surface area is 187 Å². The first-order chi connectivity index (χ1) is 15.6.